The van der Waals surface area contributed by atoms with Crippen LogP contribution in [0.25, 0.3) is 0 Å². The van der Waals surface area contributed by atoms with Crippen molar-refractivity contribution < 1.29 is 19.1 Å². The Morgan fingerprint density at radius 2 is 2.04 bits per heavy atom. The number of allylic oxidation sites excluding steroid dienone is 4. The molecule has 0 heterocycles. The molecule has 0 radical (unpaired) electrons. The number of halogens is 4. The normalized spacial score (nSPS) is 52.5. The molecule has 0 spiro atoms. The molecule has 4 aliphatic rings. The standard InChI is InChI=1S/C21H24Cl3FO3/c1-18-5-3-11(26)7-14(18)15(25)8-13-12-4-6-20(28,17(27)10-22)19(12,2)9-16(23)21(13,18)24/h3,5,7,12-13,15-16,28H,4,6,8-10H2,1-2H3/t12-,13-,15?,16?,18-,19-,20-,21-/m0/s1. The summed E-state index contributed by atoms with van der Waals surface area (Å²) in [7, 11) is 0. The maximum Gasteiger partial charge on any atom is 0.179 e. The van der Waals surface area contributed by atoms with Gasteiger partial charge in [-0.2, -0.15) is 0 Å². The van der Waals surface area contributed by atoms with E-state index in [1.165, 1.54) is 12.2 Å². The maximum absolute atomic E-state index is 15.3. The number of hydrogen-bond donors (Lipinski definition) is 1. The van der Waals surface area contributed by atoms with E-state index in [0.717, 1.165) is 0 Å². The van der Waals surface area contributed by atoms with Crippen molar-refractivity contribution in [3.8, 4) is 0 Å². The molecule has 28 heavy (non-hydrogen) atoms. The topological polar surface area (TPSA) is 54.4 Å². The lowest BCUT2D eigenvalue weighted by Gasteiger charge is -2.64. The van der Waals surface area contributed by atoms with Crippen LogP contribution in [0.1, 0.15) is 39.5 Å². The van der Waals surface area contributed by atoms with Crippen molar-refractivity contribution in [2.45, 2.75) is 61.6 Å². The number of ketones is 2. The van der Waals surface area contributed by atoms with Crippen molar-refractivity contribution in [3.63, 3.8) is 0 Å². The molecule has 154 valence electrons. The van der Waals surface area contributed by atoms with Crippen LogP contribution in [0.2, 0.25) is 0 Å². The molecular weight excluding hydrogens is 426 g/mol. The largest absolute Gasteiger partial charge is 0.381 e. The van der Waals surface area contributed by atoms with Gasteiger partial charge in [0.25, 0.3) is 0 Å². The molecule has 0 aromatic heterocycles. The summed E-state index contributed by atoms with van der Waals surface area (Å²) < 4.78 is 15.3. The molecule has 3 nitrogen and oxygen atoms in total. The SMILES string of the molecule is C[C@]12C=CC(=O)C=C1C(F)C[C@H]1[C@@H]3CC[C@](O)(C(=O)CCl)[C@@]3(C)CC(Cl)[C@@]12Cl. The van der Waals surface area contributed by atoms with Crippen molar-refractivity contribution in [2.75, 3.05) is 5.88 Å². The van der Waals surface area contributed by atoms with Crippen LogP contribution in [0.5, 0.6) is 0 Å². The van der Waals surface area contributed by atoms with Crippen molar-refractivity contribution in [2.24, 2.45) is 22.7 Å². The summed E-state index contributed by atoms with van der Waals surface area (Å²) >= 11 is 20.0. The van der Waals surface area contributed by atoms with E-state index in [1.54, 1.807) is 6.08 Å². The molecule has 0 saturated heterocycles. The highest BCUT2D eigenvalue weighted by atomic mass is 35.5. The first-order valence-corrected chi connectivity index (χ1v) is 11.0. The predicted molar refractivity (Wildman–Crippen MR) is 108 cm³/mol. The maximum atomic E-state index is 15.3. The van der Waals surface area contributed by atoms with Gasteiger partial charge in [-0.3, -0.25) is 9.59 Å². The van der Waals surface area contributed by atoms with Gasteiger partial charge in [0.15, 0.2) is 11.6 Å². The summed E-state index contributed by atoms with van der Waals surface area (Å²) in [5.41, 5.74) is -2.92. The Bertz CT molecular complexity index is 813. The van der Waals surface area contributed by atoms with Gasteiger partial charge in [0, 0.05) is 10.8 Å². The van der Waals surface area contributed by atoms with Crippen LogP contribution in [0.4, 0.5) is 4.39 Å². The first-order chi connectivity index (χ1) is 13.0. The van der Waals surface area contributed by atoms with E-state index in [4.69, 9.17) is 34.8 Å². The van der Waals surface area contributed by atoms with Gasteiger partial charge in [0.05, 0.1) is 16.1 Å². The lowest BCUT2D eigenvalue weighted by molar-refractivity contribution is -0.157. The van der Waals surface area contributed by atoms with Crippen LogP contribution in [0, 0.1) is 22.7 Å². The van der Waals surface area contributed by atoms with E-state index in [0.29, 0.717) is 18.4 Å². The summed E-state index contributed by atoms with van der Waals surface area (Å²) in [6, 6.07) is 0. The van der Waals surface area contributed by atoms with Crippen LogP contribution in [-0.2, 0) is 9.59 Å². The van der Waals surface area contributed by atoms with E-state index < -0.39 is 38.6 Å². The van der Waals surface area contributed by atoms with E-state index in [9.17, 15) is 14.7 Å². The lowest BCUT2D eigenvalue weighted by atomic mass is 9.46. The molecule has 4 rings (SSSR count). The molecule has 3 saturated carbocycles. The van der Waals surface area contributed by atoms with Gasteiger partial charge in [-0.15, -0.1) is 34.8 Å². The Morgan fingerprint density at radius 1 is 1.36 bits per heavy atom. The predicted octanol–water partition coefficient (Wildman–Crippen LogP) is 4.36. The minimum Gasteiger partial charge on any atom is -0.381 e. The van der Waals surface area contributed by atoms with E-state index in [1.807, 2.05) is 13.8 Å². The summed E-state index contributed by atoms with van der Waals surface area (Å²) in [6.07, 6.45) is 4.44. The fraction of sp³-hybridized carbons (Fsp3) is 0.714. The third-order valence-corrected chi connectivity index (χ3v) is 10.1. The first kappa shape index (κ1) is 20.8. The summed E-state index contributed by atoms with van der Waals surface area (Å²) in [5, 5.41) is 10.7. The second-order valence-corrected chi connectivity index (χ2v) is 10.7. The fourth-order valence-electron chi connectivity index (χ4n) is 6.71. The Kier molecular flexibility index (Phi) is 4.68. The van der Waals surface area contributed by atoms with Crippen LogP contribution < -0.4 is 0 Å². The highest BCUT2D eigenvalue weighted by Crippen LogP contribution is 2.71. The van der Waals surface area contributed by atoms with Gasteiger partial charge in [0.1, 0.15) is 11.8 Å². The zero-order chi connectivity index (χ0) is 20.7. The van der Waals surface area contributed by atoms with Gasteiger partial charge < -0.3 is 5.11 Å². The second kappa shape index (κ2) is 6.29. The summed E-state index contributed by atoms with van der Waals surface area (Å²) in [4.78, 5) is 23.4. The van der Waals surface area contributed by atoms with Gasteiger partial charge in [-0.05, 0) is 55.2 Å². The third kappa shape index (κ3) is 2.27. The Balaban J connectivity index is 1.84. The van der Waals surface area contributed by atoms with Crippen molar-refractivity contribution in [1.82, 2.24) is 0 Å². The molecule has 3 fully saturated rings. The van der Waals surface area contributed by atoms with Crippen LogP contribution in [-0.4, -0.2) is 44.6 Å². The lowest BCUT2D eigenvalue weighted by Crippen LogP contribution is -2.68. The Hall–Kier alpha value is -0.420. The van der Waals surface area contributed by atoms with E-state index >= 15 is 4.39 Å². The summed E-state index contributed by atoms with van der Waals surface area (Å²) in [6.45, 7) is 3.71. The number of aliphatic hydroxyl groups is 1. The molecule has 0 bridgehead atoms. The smallest absolute Gasteiger partial charge is 0.179 e. The van der Waals surface area contributed by atoms with E-state index in [2.05, 4.69) is 0 Å². The zero-order valence-corrected chi connectivity index (χ0v) is 18.1. The zero-order valence-electron chi connectivity index (χ0n) is 15.9. The number of hydrogen-bond acceptors (Lipinski definition) is 3. The van der Waals surface area contributed by atoms with Crippen molar-refractivity contribution in [1.29, 1.82) is 0 Å². The van der Waals surface area contributed by atoms with Gasteiger partial charge >= 0.3 is 0 Å². The van der Waals surface area contributed by atoms with Gasteiger partial charge in [-0.1, -0.05) is 19.9 Å². The number of carbonyl (C=O) groups is 2. The third-order valence-electron chi connectivity index (χ3n) is 8.32. The Morgan fingerprint density at radius 3 is 2.68 bits per heavy atom. The molecule has 0 amide bonds. The van der Waals surface area contributed by atoms with Gasteiger partial charge in [-0.25, -0.2) is 4.39 Å². The molecule has 4 aliphatic carbocycles. The van der Waals surface area contributed by atoms with Crippen LogP contribution >= 0.6 is 34.8 Å². The highest BCUT2D eigenvalue weighted by molar-refractivity contribution is 6.34. The number of fused-ring (bicyclic) bond motifs is 5. The van der Waals surface area contributed by atoms with Crippen LogP contribution in [0.15, 0.2) is 23.8 Å². The minimum absolute atomic E-state index is 0.126. The van der Waals surface area contributed by atoms with Crippen LogP contribution in [0.3, 0.4) is 0 Å². The molecule has 7 heteroatoms. The quantitative estimate of drug-likeness (QED) is 0.637. The molecule has 2 unspecified atom stereocenters. The minimum atomic E-state index is -1.58. The molecule has 0 aliphatic heterocycles. The number of Topliss-reactive ketones (excluding diaryl/α,β-unsaturated/α-hetero) is 1. The molecule has 8 atom stereocenters. The molecule has 0 aromatic carbocycles. The highest BCUT2D eigenvalue weighted by Gasteiger charge is 2.73. The Labute approximate surface area is 179 Å². The second-order valence-electron chi connectivity index (χ2n) is 9.27. The first-order valence-electron chi connectivity index (χ1n) is 9.69. The average Bonchev–Trinajstić information content (AvgIpc) is 2.91. The fourth-order valence-corrected chi connectivity index (χ4v) is 8.13. The molecule has 0 aromatic rings. The van der Waals surface area contributed by atoms with Crippen molar-refractivity contribution >= 4 is 46.4 Å². The van der Waals surface area contributed by atoms with E-state index in [-0.39, 0.29) is 36.3 Å². The van der Waals surface area contributed by atoms with Gasteiger partial charge in [0.2, 0.25) is 0 Å². The molecular formula is C21H24Cl3FO3. The number of carbonyl (C=O) groups excluding carboxylic acids is 2. The van der Waals surface area contributed by atoms with Crippen molar-refractivity contribution in [3.05, 3.63) is 23.8 Å². The number of alkyl halides is 4. The monoisotopic (exact) mass is 448 g/mol. The molecule has 1 N–H and O–H groups in total. The average molecular weight is 450 g/mol. The number of rotatable bonds is 2. The summed E-state index contributed by atoms with van der Waals surface area (Å²) in [5.74, 6) is -1.44.